The lowest BCUT2D eigenvalue weighted by molar-refractivity contribution is 1.49. The van der Waals surface area contributed by atoms with Gasteiger partial charge in [-0.25, -0.2) is 0 Å². The molecule has 1 unspecified atom stereocenters. The van der Waals surface area contributed by atoms with Gasteiger partial charge in [0.1, 0.15) is 0 Å². The summed E-state index contributed by atoms with van der Waals surface area (Å²) in [5, 5.41) is 0. The quantitative estimate of drug-likeness (QED) is 0.262. The van der Waals surface area contributed by atoms with E-state index < -0.39 is 0 Å². The van der Waals surface area contributed by atoms with E-state index >= 15 is 0 Å². The zero-order valence-electron chi connectivity index (χ0n) is 4.34. The number of nitroso groups, excluding NO2 is 4. The minimum Gasteiger partial charge on any atom is -0.154 e. The standard InChI is InChI=1S/9CH4.4HNO.H3P.4H2/c;;;;;;;;;4*1-2;;;;;/h9*1H4;4*1H;1H3;4*1H/i;;;;;;;;;;;;;;4*1+2. The lowest BCUT2D eigenvalue weighted by atomic mass is 12.0. The Hall–Kier alpha value is -1.17. The van der Waals surface area contributed by atoms with Crippen molar-refractivity contribution in [3.8, 4) is 0 Å². The molecule has 0 aromatic rings. The number of rotatable bonds is 0. The van der Waals surface area contributed by atoms with Crippen molar-refractivity contribution < 1.29 is 5.71 Å². The Morgan fingerprint density at radius 1 is 0.333 bits per heavy atom. The maximum absolute atomic E-state index is 7.50. The van der Waals surface area contributed by atoms with Gasteiger partial charge in [0.2, 0.25) is 0 Å². The average Bonchev–Trinajstić information content (AvgIpc) is 2.03. The van der Waals surface area contributed by atoms with Gasteiger partial charge in [0.05, 0.1) is 0 Å². The summed E-state index contributed by atoms with van der Waals surface area (Å²) in [6.45, 7) is 0. The zero-order valence-corrected chi connectivity index (χ0v) is 5.75. The highest BCUT2D eigenvalue weighted by molar-refractivity contribution is 6.92. The Bertz CT molecular complexity index is 53.6. The van der Waals surface area contributed by atoms with E-state index in [1.165, 1.54) is 0 Å². The third kappa shape index (κ3) is 2070. The molecule has 0 saturated carbocycles. The minimum absolute atomic E-state index is 0. The van der Waals surface area contributed by atoms with Gasteiger partial charge in [0, 0.05) is 5.71 Å². The van der Waals surface area contributed by atoms with Crippen LogP contribution in [-0.2, 0) is 0 Å². The van der Waals surface area contributed by atoms with Crippen LogP contribution in [0.2, 0.25) is 0 Å². The predicted octanol–water partition coefficient (Wildman–Crippen LogP) is 8.09. The van der Waals surface area contributed by atoms with Crippen molar-refractivity contribution in [1.29, 1.82) is 22.4 Å². The first-order chi connectivity index (χ1) is 4.00. The summed E-state index contributed by atoms with van der Waals surface area (Å²) in [5.41, 5.74) is 18.0. The summed E-state index contributed by atoms with van der Waals surface area (Å²) in [6, 6.07) is 0. The average molecular weight is 319 g/mol. The highest BCUT2D eigenvalue weighted by Gasteiger charge is 0.595. The Kier molecular flexibility index (Phi) is 74400. The fourth-order valence-corrected chi connectivity index (χ4v) is 0. The lowest BCUT2D eigenvalue weighted by Gasteiger charge is -0.827. The second-order valence-corrected chi connectivity index (χ2v) is 0. The first-order valence-electron chi connectivity index (χ1n) is 0.816. The van der Waals surface area contributed by atoms with Gasteiger partial charge in [-0.1, -0.05) is 89.2 Å². The monoisotopic (exact) mass is 318 g/mol. The SMILES string of the molecule is C.C.C.C.C.C.C.C.C.N=O.N=O.N=O.N=O.P.[3HH].[3HH].[3HH].[3HH]. The molecule has 4 N–H and O–H groups in total. The van der Waals surface area contributed by atoms with E-state index in [4.69, 9.17) is 19.6 Å². The first-order valence-corrected chi connectivity index (χ1v) is 0.816. The molecule has 0 aromatic carbocycles. The molecule has 0 amide bonds. The van der Waals surface area contributed by atoms with E-state index in [-0.39, 0.29) is 82.4 Å². The number of hydrogen-bond acceptors (Lipinski definition) is 8. The minimum atomic E-state index is 0. The van der Waals surface area contributed by atoms with Crippen LogP contribution in [0.15, 0.2) is 0 Å². The molecule has 9 heteroatoms. The second-order valence-electron chi connectivity index (χ2n) is 0. The Labute approximate surface area is 125 Å². The molecular formula is C9H51N4O4P. The van der Waals surface area contributed by atoms with Crippen molar-refractivity contribution >= 4 is 9.90 Å². The van der Waals surface area contributed by atoms with E-state index in [1.54, 1.807) is 0 Å². The van der Waals surface area contributed by atoms with Crippen molar-refractivity contribution in [2.24, 2.45) is 0 Å². The van der Waals surface area contributed by atoms with E-state index in [0.29, 0.717) is 0 Å². The highest BCUT2D eigenvalue weighted by atomic mass is 31.0. The molecule has 0 saturated heterocycles. The van der Waals surface area contributed by atoms with Crippen molar-refractivity contribution in [2.45, 2.75) is 66.8 Å². The largest absolute Gasteiger partial charge is 0.154 e. The van der Waals surface area contributed by atoms with Gasteiger partial charge < -0.3 is 0 Å². The van der Waals surface area contributed by atoms with E-state index in [9.17, 15) is 0 Å². The number of hydrogen-bond donors (Lipinski definition) is 4. The summed E-state index contributed by atoms with van der Waals surface area (Å²) >= 11 is 0. The van der Waals surface area contributed by atoms with Crippen LogP contribution in [-0.4, -0.2) is 0 Å². The third-order valence-electron chi connectivity index (χ3n) is 0. The smallest absolute Gasteiger partial charge is 0 e. The van der Waals surface area contributed by atoms with Crippen molar-refractivity contribution in [2.75, 3.05) is 0 Å². The van der Waals surface area contributed by atoms with Crippen molar-refractivity contribution in [3.63, 3.8) is 0 Å². The van der Waals surface area contributed by atoms with Gasteiger partial charge in [0.15, 0.2) is 0 Å². The molecule has 0 bridgehead atoms. The molecule has 18 heavy (non-hydrogen) atoms. The fraction of sp³-hybridized carbons (Fsp3) is 1.00. The van der Waals surface area contributed by atoms with Gasteiger partial charge in [0.25, 0.3) is 0 Å². The summed E-state index contributed by atoms with van der Waals surface area (Å²) in [5.74, 6) is 0. The van der Waals surface area contributed by atoms with Crippen molar-refractivity contribution in [1.82, 2.24) is 0 Å². The van der Waals surface area contributed by atoms with Crippen molar-refractivity contribution in [3.05, 3.63) is 19.6 Å². The molecule has 0 radical (unpaired) electrons. The summed E-state index contributed by atoms with van der Waals surface area (Å²) in [4.78, 5) is 30.0. The first kappa shape index (κ1) is 527. The maximum Gasteiger partial charge on any atom is 0 e. The van der Waals surface area contributed by atoms with Crippen LogP contribution < -0.4 is 0 Å². The Balaban J connectivity index is -0.000000000500. The molecule has 0 fully saturated rings. The molecule has 0 aromatic heterocycles. The summed E-state index contributed by atoms with van der Waals surface area (Å²) < 4.78 is 0. The number of nitrogens with one attached hydrogen (secondary N) is 4. The summed E-state index contributed by atoms with van der Waals surface area (Å²) in [7, 11) is 0. The van der Waals surface area contributed by atoms with E-state index in [0.717, 1.165) is 0 Å². The normalized spacial score (nSPS) is 0.889. The van der Waals surface area contributed by atoms with Gasteiger partial charge in [-0.05, 0) is 0 Å². The van der Waals surface area contributed by atoms with Crippen LogP contribution in [0.25, 0.3) is 0 Å². The Morgan fingerprint density at radius 2 is 0.333 bits per heavy atom. The molecule has 0 spiro atoms. The highest BCUT2D eigenvalue weighted by Crippen LogP contribution is 0.861. The molecule has 0 aliphatic heterocycles. The molecule has 0 aliphatic carbocycles. The predicted molar refractivity (Wildman–Crippen MR) is 104 cm³/mol. The molecular weight excluding hydrogens is 259 g/mol. The van der Waals surface area contributed by atoms with Gasteiger partial charge in [-0.2, -0.15) is 29.5 Å². The van der Waals surface area contributed by atoms with Gasteiger partial charge in [-0.15, -0.1) is 0 Å². The molecule has 8 nitrogen and oxygen atoms in total. The second kappa shape index (κ2) is 2540. The van der Waals surface area contributed by atoms with Crippen LogP contribution >= 0.6 is 9.90 Å². The molecule has 0 rings (SSSR count). The van der Waals surface area contributed by atoms with Crippen LogP contribution in [0.1, 0.15) is 72.5 Å². The van der Waals surface area contributed by atoms with Crippen LogP contribution in [0.4, 0.5) is 0 Å². The topological polar surface area (TPSA) is 164 Å². The third-order valence-corrected chi connectivity index (χ3v) is 0. The summed E-state index contributed by atoms with van der Waals surface area (Å²) in [6.07, 6.45) is 0. The Morgan fingerprint density at radius 3 is 0.333 bits per heavy atom. The molecule has 0 heterocycles. The van der Waals surface area contributed by atoms with Gasteiger partial charge >= 0.3 is 0 Å². The van der Waals surface area contributed by atoms with Gasteiger partial charge in [-0.3, -0.25) is 0 Å². The van der Waals surface area contributed by atoms with E-state index in [1.807, 2.05) is 0 Å². The van der Waals surface area contributed by atoms with E-state index in [2.05, 4.69) is 22.4 Å². The molecule has 1 atom stereocenters. The lowest BCUT2D eigenvalue weighted by Crippen LogP contribution is -0.649. The van der Waals surface area contributed by atoms with Crippen LogP contribution in [0.3, 0.4) is 0 Å². The fourth-order valence-electron chi connectivity index (χ4n) is 0. The zero-order chi connectivity index (χ0) is 8.00. The maximum atomic E-state index is 7.50. The van der Waals surface area contributed by atoms with Crippen LogP contribution in [0.5, 0.6) is 0 Å². The molecule has 0 aliphatic rings. The molecule has 136 valence electrons. The van der Waals surface area contributed by atoms with Crippen LogP contribution in [0, 0.1) is 42.0 Å².